The molecule has 3 saturated carbocycles. The Balaban J connectivity index is 1.29. The van der Waals surface area contributed by atoms with Crippen LogP contribution in [0.25, 0.3) is 0 Å². The minimum absolute atomic E-state index is 0.0763. The van der Waals surface area contributed by atoms with E-state index in [4.69, 9.17) is 15.2 Å². The molecule has 2 heterocycles. The van der Waals surface area contributed by atoms with Gasteiger partial charge in [0.25, 0.3) is 5.95 Å². The molecular weight excluding hydrogens is 640 g/mol. The van der Waals surface area contributed by atoms with Crippen molar-refractivity contribution in [3.05, 3.63) is 47.5 Å². The lowest BCUT2D eigenvalue weighted by molar-refractivity contribution is -0.253. The number of hydrogen-bond donors (Lipinski definition) is 2. The summed E-state index contributed by atoms with van der Waals surface area (Å²) in [5.41, 5.74) is 7.47. The fourth-order valence-electron chi connectivity index (χ4n) is 12.9. The highest BCUT2D eigenvalue weighted by Gasteiger charge is 2.72. The number of aliphatic carboxylic acids is 1. The maximum absolute atomic E-state index is 13.5. The summed E-state index contributed by atoms with van der Waals surface area (Å²) in [6.45, 7) is 17.9. The van der Waals surface area contributed by atoms with Gasteiger partial charge in [0.05, 0.1) is 37.9 Å². The normalized spacial score (nSPS) is 41.6. The summed E-state index contributed by atoms with van der Waals surface area (Å²) in [7, 11) is 4.21. The Hall–Kier alpha value is -2.82. The van der Waals surface area contributed by atoms with Crippen LogP contribution in [0.5, 0.6) is 0 Å². The molecule has 0 unspecified atom stereocenters. The number of benzene rings is 1. The van der Waals surface area contributed by atoms with E-state index in [0.29, 0.717) is 37.6 Å². The molecule has 0 amide bonds. The van der Waals surface area contributed by atoms with Crippen molar-refractivity contribution in [1.82, 2.24) is 25.1 Å². The van der Waals surface area contributed by atoms with E-state index in [9.17, 15) is 9.90 Å². The number of nitrogens with zero attached hydrogens (tertiary/aromatic N) is 5. The smallest absolute Gasteiger partial charge is 0.307 e. The SMILES string of the molecule is CC(C)[C@@H](C)[C@@]1(C)CC[C@]2(C)[C@H]3CC[C@@H]4[C@@]5(COC[C@@]4(C)[C@@H](OC[C@@H](c4ccccc4)N(C)C)[C@H](n4nnc(N)n4)C5)C3=CC[C@@]2(C)[C@@H]1C(=O)O. The highest BCUT2D eigenvalue weighted by molar-refractivity contribution is 5.73. The van der Waals surface area contributed by atoms with Gasteiger partial charge in [-0.3, -0.25) is 4.79 Å². The largest absolute Gasteiger partial charge is 0.481 e. The molecule has 1 aromatic heterocycles. The fraction of sp³-hybridized carbons (Fsp3) is 0.756. The van der Waals surface area contributed by atoms with Gasteiger partial charge in [0.15, 0.2) is 0 Å². The van der Waals surface area contributed by atoms with Crippen molar-refractivity contribution in [1.29, 1.82) is 0 Å². The van der Waals surface area contributed by atoms with Gasteiger partial charge >= 0.3 is 5.97 Å². The summed E-state index contributed by atoms with van der Waals surface area (Å²) in [5, 5.41) is 24.3. The van der Waals surface area contributed by atoms with Crippen molar-refractivity contribution in [3.63, 3.8) is 0 Å². The van der Waals surface area contributed by atoms with E-state index in [2.05, 4.69) is 113 Å². The van der Waals surface area contributed by atoms with Crippen LogP contribution < -0.4 is 5.73 Å². The van der Waals surface area contributed by atoms with Crippen molar-refractivity contribution in [2.45, 2.75) is 105 Å². The van der Waals surface area contributed by atoms with Crippen molar-refractivity contribution in [3.8, 4) is 0 Å². The Bertz CT molecular complexity index is 1650. The molecule has 51 heavy (non-hydrogen) atoms. The van der Waals surface area contributed by atoms with E-state index in [0.717, 1.165) is 38.5 Å². The Morgan fingerprint density at radius 3 is 2.43 bits per heavy atom. The second-order valence-electron chi connectivity index (χ2n) is 18.7. The first-order chi connectivity index (χ1) is 24.0. The topological polar surface area (TPSA) is 129 Å². The lowest BCUT2D eigenvalue weighted by Gasteiger charge is -2.71. The quantitative estimate of drug-likeness (QED) is 0.264. The number of carboxylic acids is 1. The van der Waals surface area contributed by atoms with Crippen LogP contribution in [0.4, 0.5) is 5.95 Å². The number of nitrogens with two attached hydrogens (primary N) is 1. The number of fused-ring (bicyclic) bond motifs is 3. The predicted octanol–water partition coefficient (Wildman–Crippen LogP) is 7.07. The summed E-state index contributed by atoms with van der Waals surface area (Å²) in [6, 6.07) is 10.4. The Kier molecular flexibility index (Phi) is 9.06. The highest BCUT2D eigenvalue weighted by Crippen LogP contribution is 2.75. The molecule has 280 valence electrons. The van der Waals surface area contributed by atoms with Gasteiger partial charge in [-0.25, -0.2) is 0 Å². The van der Waals surface area contributed by atoms with Crippen molar-refractivity contribution < 1.29 is 19.4 Å². The zero-order valence-electron chi connectivity index (χ0n) is 32.4. The minimum Gasteiger partial charge on any atom is -0.481 e. The molecule has 1 saturated heterocycles. The third-order valence-corrected chi connectivity index (χ3v) is 16.1. The van der Waals surface area contributed by atoms with Crippen molar-refractivity contribution in [2.75, 3.05) is 39.6 Å². The number of carbonyl (C=O) groups is 1. The van der Waals surface area contributed by atoms with Crippen LogP contribution in [0.1, 0.15) is 105 Å². The number of hydrogen-bond acceptors (Lipinski definition) is 8. The van der Waals surface area contributed by atoms with Crippen molar-refractivity contribution in [2.24, 2.45) is 56.7 Å². The predicted molar refractivity (Wildman–Crippen MR) is 197 cm³/mol. The molecule has 4 aliphatic carbocycles. The first-order valence-electron chi connectivity index (χ1n) is 19.4. The molecule has 12 atom stereocenters. The molecule has 2 bridgehead atoms. The van der Waals surface area contributed by atoms with Crippen LogP contribution in [-0.2, 0) is 14.3 Å². The van der Waals surface area contributed by atoms with Gasteiger partial charge in [0.1, 0.15) is 6.04 Å². The zero-order chi connectivity index (χ0) is 36.7. The van der Waals surface area contributed by atoms with Crippen LogP contribution in [0, 0.1) is 56.7 Å². The average Bonchev–Trinajstić information content (AvgIpc) is 3.51. The summed E-state index contributed by atoms with van der Waals surface area (Å²) in [6.07, 6.45) is 7.88. The Morgan fingerprint density at radius 2 is 1.80 bits per heavy atom. The minimum atomic E-state index is -0.630. The van der Waals surface area contributed by atoms with Crippen LogP contribution >= 0.6 is 0 Å². The van der Waals surface area contributed by atoms with Crippen LogP contribution in [0.15, 0.2) is 42.0 Å². The lowest BCUT2D eigenvalue weighted by atomic mass is 9.34. The molecule has 5 aliphatic rings. The Labute approximate surface area is 304 Å². The molecule has 1 aliphatic heterocycles. The second kappa shape index (κ2) is 12.7. The van der Waals surface area contributed by atoms with E-state index in [1.165, 1.54) is 11.1 Å². The third kappa shape index (κ3) is 5.27. The van der Waals surface area contributed by atoms with E-state index in [-0.39, 0.29) is 57.1 Å². The van der Waals surface area contributed by atoms with Gasteiger partial charge in [-0.1, -0.05) is 95.5 Å². The van der Waals surface area contributed by atoms with Crippen LogP contribution in [-0.4, -0.2) is 76.2 Å². The van der Waals surface area contributed by atoms with E-state index < -0.39 is 11.9 Å². The number of carboxylic acid groups (broad SMARTS) is 1. The number of likely N-dealkylation sites (N-methyl/N-ethyl adjacent to an activating group) is 1. The van der Waals surface area contributed by atoms with Gasteiger partial charge in [0, 0.05) is 10.8 Å². The van der Waals surface area contributed by atoms with E-state index in [1.807, 2.05) is 6.07 Å². The molecule has 7 rings (SSSR count). The van der Waals surface area contributed by atoms with E-state index >= 15 is 0 Å². The number of allylic oxidation sites excluding steroid dienone is 1. The maximum atomic E-state index is 13.5. The number of ether oxygens (including phenoxy) is 2. The summed E-state index contributed by atoms with van der Waals surface area (Å²) in [5.74, 6) is 0.460. The molecule has 0 radical (unpaired) electrons. The highest BCUT2D eigenvalue weighted by atomic mass is 16.5. The van der Waals surface area contributed by atoms with Crippen LogP contribution in [0.2, 0.25) is 0 Å². The van der Waals surface area contributed by atoms with Gasteiger partial charge in [0.2, 0.25) is 0 Å². The lowest BCUT2D eigenvalue weighted by Crippen LogP contribution is -2.69. The third-order valence-electron chi connectivity index (χ3n) is 16.1. The van der Waals surface area contributed by atoms with Gasteiger partial charge < -0.3 is 25.2 Å². The molecule has 4 fully saturated rings. The first-order valence-corrected chi connectivity index (χ1v) is 19.4. The van der Waals surface area contributed by atoms with Gasteiger partial charge in [-0.2, -0.15) is 4.80 Å². The molecule has 2 aromatic rings. The zero-order valence-corrected chi connectivity index (χ0v) is 32.4. The molecule has 3 N–H and O–H groups in total. The first kappa shape index (κ1) is 36.5. The second-order valence-corrected chi connectivity index (χ2v) is 18.7. The number of anilines is 1. The molecule has 10 heteroatoms. The number of rotatable bonds is 9. The number of tetrazole rings is 1. The summed E-state index contributed by atoms with van der Waals surface area (Å²) >= 11 is 0. The van der Waals surface area contributed by atoms with Crippen molar-refractivity contribution >= 4 is 11.9 Å². The monoisotopic (exact) mass is 702 g/mol. The Morgan fingerprint density at radius 1 is 1.08 bits per heavy atom. The standard InChI is InChI=1S/C41H62N6O4/c1-25(2)26(3)37(4)19-20-39(6)28-15-16-32-38(5)23-50-24-41(32,29(28)17-18-40(39,7)33(37)35(48)49)21-30(47-44-36(42)43-45-47)34(38)51-22-31(46(8)9)27-13-11-10-12-14-27/h10-14,17,25-26,28,30-34H,15-16,18-24H2,1-9H3,(H2,42,44)(H,48,49)/t26-,28+,30-,31+,32+,33-,34+,37-,38-,39-,40+,41+/m1/s1. The molecule has 0 spiro atoms. The number of aromatic nitrogens is 4. The van der Waals surface area contributed by atoms with E-state index in [1.54, 1.807) is 4.80 Å². The molecule has 1 aromatic carbocycles. The summed E-state index contributed by atoms with van der Waals surface area (Å²) < 4.78 is 13.9. The van der Waals surface area contributed by atoms with Gasteiger partial charge in [-0.15, -0.1) is 5.10 Å². The fourth-order valence-corrected chi connectivity index (χ4v) is 12.9. The van der Waals surface area contributed by atoms with Gasteiger partial charge in [-0.05, 0) is 103 Å². The van der Waals surface area contributed by atoms with Crippen LogP contribution in [0.3, 0.4) is 0 Å². The maximum Gasteiger partial charge on any atom is 0.307 e. The average molecular weight is 703 g/mol. The number of nitrogen functional groups attached to an aromatic ring is 1. The molecule has 10 nitrogen and oxygen atoms in total. The summed E-state index contributed by atoms with van der Waals surface area (Å²) in [4.78, 5) is 17.4. The molecular formula is C41H62N6O4.